The molecule has 1 amide bonds. The third-order valence-corrected chi connectivity index (χ3v) is 4.11. The summed E-state index contributed by atoms with van der Waals surface area (Å²) in [6.07, 6.45) is 1.47. The molecule has 4 rings (SSSR count). The fourth-order valence-corrected chi connectivity index (χ4v) is 2.87. The van der Waals surface area contributed by atoms with Gasteiger partial charge in [-0.05, 0) is 24.3 Å². The number of fused-ring (bicyclic) bond motifs is 1. The number of pyridine rings is 1. The Morgan fingerprint density at radius 2 is 2.12 bits per heavy atom. The number of carbonyl (C=O) groups excluding carboxylic acids is 1. The summed E-state index contributed by atoms with van der Waals surface area (Å²) in [5.74, 6) is 0.462. The topological polar surface area (TPSA) is 73.6 Å². The Bertz CT molecular complexity index is 870. The van der Waals surface area contributed by atoms with Gasteiger partial charge in [-0.2, -0.15) is 0 Å². The molecule has 0 aliphatic carbocycles. The molecular formula is C19H18N2O4. The summed E-state index contributed by atoms with van der Waals surface area (Å²) in [6, 6.07) is 13.0. The molecule has 1 saturated heterocycles. The SMILES string of the molecule is O=C(NC[C@@H]1COCCO1)c1cc(-c2ccco2)nc2ccccc12. The molecule has 1 N–H and O–H groups in total. The molecule has 1 fully saturated rings. The first-order valence-electron chi connectivity index (χ1n) is 8.22. The van der Waals surface area contributed by atoms with E-state index in [1.807, 2.05) is 30.3 Å². The van der Waals surface area contributed by atoms with Crippen molar-refractivity contribution in [2.24, 2.45) is 0 Å². The van der Waals surface area contributed by atoms with Crippen molar-refractivity contribution in [1.82, 2.24) is 10.3 Å². The van der Waals surface area contributed by atoms with Crippen molar-refractivity contribution in [3.05, 3.63) is 54.3 Å². The predicted octanol–water partition coefficient (Wildman–Crippen LogP) is 2.64. The molecule has 1 aromatic carbocycles. The number of ether oxygens (including phenoxy) is 2. The second kappa shape index (κ2) is 7.04. The molecule has 0 saturated carbocycles. The molecule has 128 valence electrons. The number of amides is 1. The highest BCUT2D eigenvalue weighted by molar-refractivity contribution is 6.07. The first kappa shape index (κ1) is 15.8. The van der Waals surface area contributed by atoms with Crippen LogP contribution in [0.3, 0.4) is 0 Å². The van der Waals surface area contributed by atoms with Crippen LogP contribution in [-0.4, -0.2) is 43.4 Å². The third-order valence-electron chi connectivity index (χ3n) is 4.11. The summed E-state index contributed by atoms with van der Waals surface area (Å²) in [6.45, 7) is 2.06. The summed E-state index contributed by atoms with van der Waals surface area (Å²) in [5, 5.41) is 3.73. The van der Waals surface area contributed by atoms with Crippen LogP contribution in [0.15, 0.2) is 53.1 Å². The fraction of sp³-hybridized carbons (Fsp3) is 0.263. The van der Waals surface area contributed by atoms with E-state index in [2.05, 4.69) is 10.3 Å². The van der Waals surface area contributed by atoms with Crippen LogP contribution in [0.25, 0.3) is 22.4 Å². The average Bonchev–Trinajstić information content (AvgIpc) is 3.21. The van der Waals surface area contributed by atoms with E-state index < -0.39 is 0 Å². The van der Waals surface area contributed by atoms with E-state index in [1.165, 1.54) is 0 Å². The number of carbonyl (C=O) groups is 1. The van der Waals surface area contributed by atoms with E-state index >= 15 is 0 Å². The van der Waals surface area contributed by atoms with E-state index in [0.29, 0.717) is 43.4 Å². The second-order valence-electron chi connectivity index (χ2n) is 5.83. The summed E-state index contributed by atoms with van der Waals surface area (Å²) in [4.78, 5) is 17.3. The highest BCUT2D eigenvalue weighted by atomic mass is 16.6. The maximum absolute atomic E-state index is 12.8. The van der Waals surface area contributed by atoms with Gasteiger partial charge in [0.25, 0.3) is 5.91 Å². The Labute approximate surface area is 144 Å². The molecule has 2 aromatic heterocycles. The van der Waals surface area contributed by atoms with Crippen LogP contribution in [0.2, 0.25) is 0 Å². The third kappa shape index (κ3) is 3.40. The van der Waals surface area contributed by atoms with Gasteiger partial charge in [-0.15, -0.1) is 0 Å². The highest BCUT2D eigenvalue weighted by Crippen LogP contribution is 2.25. The molecule has 0 bridgehead atoms. The lowest BCUT2D eigenvalue weighted by atomic mass is 10.1. The number of nitrogens with zero attached hydrogens (tertiary/aromatic N) is 1. The number of benzene rings is 1. The van der Waals surface area contributed by atoms with Gasteiger partial charge < -0.3 is 19.2 Å². The number of rotatable bonds is 4. The molecule has 1 aliphatic heterocycles. The number of para-hydroxylation sites is 1. The van der Waals surface area contributed by atoms with Crippen LogP contribution < -0.4 is 5.32 Å². The van der Waals surface area contributed by atoms with E-state index in [9.17, 15) is 4.79 Å². The van der Waals surface area contributed by atoms with Gasteiger partial charge >= 0.3 is 0 Å². The molecule has 6 nitrogen and oxygen atoms in total. The molecule has 3 aromatic rings. The molecular weight excluding hydrogens is 320 g/mol. The van der Waals surface area contributed by atoms with Gasteiger partial charge in [0.1, 0.15) is 5.69 Å². The number of furan rings is 1. The Balaban J connectivity index is 1.63. The molecule has 25 heavy (non-hydrogen) atoms. The van der Waals surface area contributed by atoms with Gasteiger partial charge in [-0.25, -0.2) is 4.98 Å². The predicted molar refractivity (Wildman–Crippen MR) is 92.3 cm³/mol. The van der Waals surface area contributed by atoms with Crippen molar-refractivity contribution in [3.63, 3.8) is 0 Å². The number of nitrogens with one attached hydrogen (secondary N) is 1. The van der Waals surface area contributed by atoms with Crippen LogP contribution in [0, 0.1) is 0 Å². The van der Waals surface area contributed by atoms with Crippen molar-refractivity contribution in [1.29, 1.82) is 0 Å². The molecule has 0 radical (unpaired) electrons. The van der Waals surface area contributed by atoms with Gasteiger partial charge in [-0.3, -0.25) is 4.79 Å². The lowest BCUT2D eigenvalue weighted by Crippen LogP contribution is -2.39. The molecule has 0 unspecified atom stereocenters. The van der Waals surface area contributed by atoms with Crippen LogP contribution in [-0.2, 0) is 9.47 Å². The molecule has 6 heteroatoms. The van der Waals surface area contributed by atoms with E-state index in [4.69, 9.17) is 13.9 Å². The minimum atomic E-state index is -0.166. The molecule has 1 aliphatic rings. The monoisotopic (exact) mass is 338 g/mol. The van der Waals surface area contributed by atoms with Crippen molar-refractivity contribution < 1.29 is 18.7 Å². The summed E-state index contributed by atoms with van der Waals surface area (Å²) < 4.78 is 16.4. The zero-order valence-electron chi connectivity index (χ0n) is 13.6. The summed E-state index contributed by atoms with van der Waals surface area (Å²) in [7, 11) is 0. The number of hydrogen-bond acceptors (Lipinski definition) is 5. The average molecular weight is 338 g/mol. The Kier molecular flexibility index (Phi) is 4.45. The Morgan fingerprint density at radius 3 is 2.92 bits per heavy atom. The number of aromatic nitrogens is 1. The van der Waals surface area contributed by atoms with Gasteiger partial charge in [0.05, 0.1) is 43.3 Å². The Hall–Kier alpha value is -2.70. The van der Waals surface area contributed by atoms with Crippen molar-refractivity contribution in [2.45, 2.75) is 6.10 Å². The summed E-state index contributed by atoms with van der Waals surface area (Å²) in [5.41, 5.74) is 1.94. The van der Waals surface area contributed by atoms with Gasteiger partial charge in [0.2, 0.25) is 0 Å². The summed E-state index contributed by atoms with van der Waals surface area (Å²) >= 11 is 0. The minimum absolute atomic E-state index is 0.115. The van der Waals surface area contributed by atoms with Crippen LogP contribution in [0.5, 0.6) is 0 Å². The largest absolute Gasteiger partial charge is 0.463 e. The zero-order valence-corrected chi connectivity index (χ0v) is 13.6. The van der Waals surface area contributed by atoms with E-state index in [-0.39, 0.29) is 12.0 Å². The standard InChI is InChI=1S/C19H18N2O4/c22-19(20-11-13-12-23-8-9-24-13)15-10-17(18-6-3-7-25-18)21-16-5-2-1-4-14(15)16/h1-7,10,13H,8-9,11-12H2,(H,20,22)/t13-/m1/s1. The van der Waals surface area contributed by atoms with E-state index in [1.54, 1.807) is 18.4 Å². The Morgan fingerprint density at radius 1 is 1.20 bits per heavy atom. The van der Waals surface area contributed by atoms with Gasteiger partial charge in [-0.1, -0.05) is 18.2 Å². The highest BCUT2D eigenvalue weighted by Gasteiger charge is 2.18. The lowest BCUT2D eigenvalue weighted by molar-refractivity contribution is -0.0855. The maximum atomic E-state index is 12.8. The van der Waals surface area contributed by atoms with Gasteiger partial charge in [0.15, 0.2) is 5.76 Å². The zero-order chi connectivity index (χ0) is 17.1. The fourth-order valence-electron chi connectivity index (χ4n) is 2.87. The van der Waals surface area contributed by atoms with Gasteiger partial charge in [0, 0.05) is 11.9 Å². The quantitative estimate of drug-likeness (QED) is 0.792. The molecule has 0 spiro atoms. The first-order valence-corrected chi connectivity index (χ1v) is 8.22. The second-order valence-corrected chi connectivity index (χ2v) is 5.83. The minimum Gasteiger partial charge on any atom is -0.463 e. The maximum Gasteiger partial charge on any atom is 0.252 e. The first-order chi connectivity index (χ1) is 12.3. The van der Waals surface area contributed by atoms with Crippen LogP contribution in [0.1, 0.15) is 10.4 Å². The van der Waals surface area contributed by atoms with Crippen LogP contribution in [0.4, 0.5) is 0 Å². The van der Waals surface area contributed by atoms with E-state index in [0.717, 1.165) is 10.9 Å². The smallest absolute Gasteiger partial charge is 0.252 e. The van der Waals surface area contributed by atoms with Crippen LogP contribution >= 0.6 is 0 Å². The number of hydrogen-bond donors (Lipinski definition) is 1. The van der Waals surface area contributed by atoms with Crippen molar-refractivity contribution >= 4 is 16.8 Å². The molecule has 1 atom stereocenters. The van der Waals surface area contributed by atoms with Crippen molar-refractivity contribution in [3.8, 4) is 11.5 Å². The normalized spacial score (nSPS) is 17.5. The molecule has 3 heterocycles. The lowest BCUT2D eigenvalue weighted by Gasteiger charge is -2.23. The van der Waals surface area contributed by atoms with Crippen molar-refractivity contribution in [2.75, 3.05) is 26.4 Å².